The Labute approximate surface area is 86.2 Å². The number of hydrogen-bond acceptors (Lipinski definition) is 1. The summed E-state index contributed by atoms with van der Waals surface area (Å²) in [5, 5.41) is 0. The first kappa shape index (κ1) is 8.36. The predicted molar refractivity (Wildman–Crippen MR) is 56.5 cm³/mol. The topological polar surface area (TPSA) is 17.1 Å². The molecule has 0 fully saturated rings. The van der Waals surface area contributed by atoms with E-state index in [0.29, 0.717) is 5.57 Å². The van der Waals surface area contributed by atoms with Crippen LogP contribution in [-0.4, -0.2) is 5.78 Å². The molecule has 0 unspecified atom stereocenters. The second-order valence-corrected chi connectivity index (χ2v) is 3.59. The van der Waals surface area contributed by atoms with Crippen molar-refractivity contribution < 1.29 is 9.18 Å². The Morgan fingerprint density at radius 1 is 1.13 bits per heavy atom. The van der Waals surface area contributed by atoms with Gasteiger partial charge < -0.3 is 0 Å². The Morgan fingerprint density at radius 3 is 2.87 bits per heavy atom. The van der Waals surface area contributed by atoms with Crippen molar-refractivity contribution in [2.75, 3.05) is 0 Å². The van der Waals surface area contributed by atoms with Gasteiger partial charge in [-0.1, -0.05) is 18.2 Å². The van der Waals surface area contributed by atoms with E-state index >= 15 is 0 Å². The van der Waals surface area contributed by atoms with Gasteiger partial charge in [0.1, 0.15) is 5.82 Å². The number of carbonyl (C=O) groups is 1. The molecule has 2 aliphatic rings. The fourth-order valence-electron chi connectivity index (χ4n) is 1.98. The summed E-state index contributed by atoms with van der Waals surface area (Å²) in [5.41, 5.74) is 3.29. The summed E-state index contributed by atoms with van der Waals surface area (Å²) in [6.45, 7) is 0. The Bertz CT molecular complexity index is 562. The summed E-state index contributed by atoms with van der Waals surface area (Å²) < 4.78 is 13.0. The van der Waals surface area contributed by atoms with Crippen LogP contribution in [0.15, 0.2) is 42.0 Å². The molecule has 0 bridgehead atoms. The summed E-state index contributed by atoms with van der Waals surface area (Å²) in [5.74, 6) is -0.283. The zero-order valence-corrected chi connectivity index (χ0v) is 7.83. The average molecular weight is 198 g/mol. The van der Waals surface area contributed by atoms with Gasteiger partial charge in [-0.05, 0) is 41.0 Å². The number of hydrogen-bond donors (Lipinski definition) is 0. The van der Waals surface area contributed by atoms with Gasteiger partial charge in [0.05, 0.1) is 0 Å². The van der Waals surface area contributed by atoms with Gasteiger partial charge >= 0.3 is 0 Å². The fraction of sp³-hybridized carbons (Fsp3) is 0. The van der Waals surface area contributed by atoms with Crippen LogP contribution in [0.4, 0.5) is 4.39 Å². The number of benzene rings is 1. The maximum absolute atomic E-state index is 13.0. The number of rotatable bonds is 0. The largest absolute Gasteiger partial charge is 0.289 e. The number of ketones is 1. The minimum Gasteiger partial charge on any atom is -0.289 e. The Hall–Kier alpha value is -1.96. The lowest BCUT2D eigenvalue weighted by molar-refractivity contribution is -0.110. The molecule has 1 aromatic carbocycles. The van der Waals surface area contributed by atoms with Gasteiger partial charge in [-0.25, -0.2) is 4.39 Å². The van der Waals surface area contributed by atoms with Gasteiger partial charge in [0.25, 0.3) is 0 Å². The van der Waals surface area contributed by atoms with E-state index in [4.69, 9.17) is 0 Å². The number of allylic oxidation sites excluding steroid dienone is 5. The van der Waals surface area contributed by atoms with Crippen LogP contribution in [0.2, 0.25) is 0 Å². The summed E-state index contributed by atoms with van der Waals surface area (Å²) in [7, 11) is 0. The monoisotopic (exact) mass is 198 g/mol. The van der Waals surface area contributed by atoms with E-state index in [9.17, 15) is 9.18 Å². The van der Waals surface area contributed by atoms with E-state index < -0.39 is 0 Å². The van der Waals surface area contributed by atoms with Crippen molar-refractivity contribution in [2.24, 2.45) is 0 Å². The summed E-state index contributed by atoms with van der Waals surface area (Å²) in [4.78, 5) is 11.5. The highest BCUT2D eigenvalue weighted by Crippen LogP contribution is 2.37. The molecule has 1 nitrogen and oxygen atoms in total. The normalized spacial score (nSPS) is 17.0. The van der Waals surface area contributed by atoms with E-state index in [-0.39, 0.29) is 11.6 Å². The smallest absolute Gasteiger partial charge is 0.186 e. The first-order valence-corrected chi connectivity index (χ1v) is 4.70. The van der Waals surface area contributed by atoms with Crippen LogP contribution in [0.5, 0.6) is 0 Å². The molecule has 0 atom stereocenters. The zero-order valence-electron chi connectivity index (χ0n) is 7.83. The fourth-order valence-corrected chi connectivity index (χ4v) is 1.98. The molecule has 15 heavy (non-hydrogen) atoms. The second-order valence-electron chi connectivity index (χ2n) is 3.59. The molecule has 0 saturated carbocycles. The lowest BCUT2D eigenvalue weighted by Crippen LogP contribution is -2.00. The summed E-state index contributed by atoms with van der Waals surface area (Å²) in [6.07, 6.45) is 6.89. The van der Waals surface area contributed by atoms with E-state index in [1.165, 1.54) is 18.2 Å². The zero-order chi connectivity index (χ0) is 10.4. The third-order valence-corrected chi connectivity index (χ3v) is 2.67. The Morgan fingerprint density at radius 2 is 2.00 bits per heavy atom. The van der Waals surface area contributed by atoms with Crippen molar-refractivity contribution >= 4 is 17.4 Å². The average Bonchev–Trinajstić information content (AvgIpc) is 2.57. The standard InChI is InChI=1S/C13H7FO/c14-9-4-5-10-8(6-9)7-12-11(10)2-1-3-13(12)15/h1-7H. The quantitative estimate of drug-likeness (QED) is 0.626. The first-order chi connectivity index (χ1) is 7.25. The molecule has 0 radical (unpaired) electrons. The van der Waals surface area contributed by atoms with Gasteiger partial charge in [-0.15, -0.1) is 0 Å². The van der Waals surface area contributed by atoms with Crippen molar-refractivity contribution in [2.45, 2.75) is 0 Å². The molecular weight excluding hydrogens is 191 g/mol. The summed E-state index contributed by atoms with van der Waals surface area (Å²) >= 11 is 0. The highest BCUT2D eigenvalue weighted by molar-refractivity contribution is 6.23. The number of fused-ring (bicyclic) bond motifs is 3. The van der Waals surface area contributed by atoms with Crippen molar-refractivity contribution in [3.63, 3.8) is 0 Å². The molecule has 0 amide bonds. The molecule has 2 aliphatic carbocycles. The lowest BCUT2D eigenvalue weighted by atomic mass is 9.96. The van der Waals surface area contributed by atoms with Crippen LogP contribution in [0.1, 0.15) is 11.1 Å². The van der Waals surface area contributed by atoms with E-state index in [1.807, 2.05) is 6.08 Å². The van der Waals surface area contributed by atoms with Crippen LogP contribution in [0.3, 0.4) is 0 Å². The molecule has 0 aliphatic heterocycles. The van der Waals surface area contributed by atoms with Crippen LogP contribution in [-0.2, 0) is 4.79 Å². The molecule has 2 heteroatoms. The first-order valence-electron chi connectivity index (χ1n) is 4.70. The number of carbonyl (C=O) groups excluding carboxylic acids is 1. The van der Waals surface area contributed by atoms with Gasteiger partial charge in [0, 0.05) is 5.57 Å². The molecule has 72 valence electrons. The third kappa shape index (κ3) is 1.11. The van der Waals surface area contributed by atoms with Gasteiger partial charge in [-0.3, -0.25) is 4.79 Å². The minimum absolute atomic E-state index is 0.0101. The third-order valence-electron chi connectivity index (χ3n) is 2.67. The molecule has 0 N–H and O–H groups in total. The van der Waals surface area contributed by atoms with Crippen molar-refractivity contribution in [1.29, 1.82) is 0 Å². The molecular formula is C13H7FO. The van der Waals surface area contributed by atoms with Crippen LogP contribution >= 0.6 is 0 Å². The van der Waals surface area contributed by atoms with Gasteiger partial charge in [0.15, 0.2) is 5.78 Å². The molecule has 0 spiro atoms. The van der Waals surface area contributed by atoms with Crippen molar-refractivity contribution in [3.8, 4) is 0 Å². The predicted octanol–water partition coefficient (Wildman–Crippen LogP) is 2.75. The minimum atomic E-state index is -0.273. The molecule has 0 aromatic heterocycles. The molecule has 0 heterocycles. The second kappa shape index (κ2) is 2.76. The van der Waals surface area contributed by atoms with Crippen molar-refractivity contribution in [3.05, 3.63) is 58.9 Å². The van der Waals surface area contributed by atoms with Gasteiger partial charge in [0.2, 0.25) is 0 Å². The number of halogens is 1. The maximum atomic E-state index is 13.0. The van der Waals surface area contributed by atoms with Crippen LogP contribution in [0.25, 0.3) is 11.6 Å². The molecule has 0 saturated heterocycles. The van der Waals surface area contributed by atoms with Crippen LogP contribution in [0, 0.1) is 5.82 Å². The van der Waals surface area contributed by atoms with E-state index in [2.05, 4.69) is 0 Å². The summed E-state index contributed by atoms with van der Waals surface area (Å²) in [6, 6.07) is 4.58. The molecule has 1 aromatic rings. The maximum Gasteiger partial charge on any atom is 0.186 e. The SMILES string of the molecule is O=C1C=CC=C2C1=Cc1cc(F)ccc12. The van der Waals surface area contributed by atoms with Gasteiger partial charge in [-0.2, -0.15) is 0 Å². The molecule has 3 rings (SSSR count). The van der Waals surface area contributed by atoms with Crippen LogP contribution < -0.4 is 0 Å². The Balaban J connectivity index is 2.26. The highest BCUT2D eigenvalue weighted by Gasteiger charge is 2.24. The van der Waals surface area contributed by atoms with Crippen molar-refractivity contribution in [1.82, 2.24) is 0 Å². The lowest BCUT2D eigenvalue weighted by Gasteiger charge is -2.06. The Kier molecular flexibility index (Phi) is 1.54. The highest BCUT2D eigenvalue weighted by atomic mass is 19.1. The van der Waals surface area contributed by atoms with E-state index in [0.717, 1.165) is 16.7 Å². The van der Waals surface area contributed by atoms with E-state index in [1.54, 1.807) is 18.2 Å².